The zero-order valence-corrected chi connectivity index (χ0v) is 10.2. The Kier molecular flexibility index (Phi) is 3.30. The minimum absolute atomic E-state index is 0.132. The molecule has 18 heavy (non-hydrogen) atoms. The number of hydrogen-bond donors (Lipinski definition) is 2. The van der Waals surface area contributed by atoms with Crippen molar-refractivity contribution in [3.05, 3.63) is 28.5 Å². The predicted molar refractivity (Wildman–Crippen MR) is 67.4 cm³/mol. The number of carbonyl (C=O) groups is 1. The number of primary amides is 1. The first-order valence-electron chi connectivity index (χ1n) is 5.17. The Hall–Kier alpha value is -2.33. The predicted octanol–water partition coefficient (Wildman–Crippen LogP) is 1.67. The standard InChI is InChI=1S/C11H10N4O2S/c12-6-7-2-1-3-8-9(7)14-11(18)15(8)4-5-17-10(13)16/h1-3H,4-5H2,(H2,13,16)(H,14,18). The molecule has 0 atom stereocenters. The molecule has 0 saturated carbocycles. The second kappa shape index (κ2) is 4.89. The number of carbonyl (C=O) groups excluding carboxylic acids is 1. The molecule has 7 heteroatoms. The van der Waals surface area contributed by atoms with Gasteiger partial charge in [0.2, 0.25) is 0 Å². The summed E-state index contributed by atoms with van der Waals surface area (Å²) < 4.78 is 6.90. The maximum Gasteiger partial charge on any atom is 0.404 e. The molecule has 3 N–H and O–H groups in total. The lowest BCUT2D eigenvalue weighted by atomic mass is 10.2. The third-order valence-electron chi connectivity index (χ3n) is 2.49. The van der Waals surface area contributed by atoms with Crippen LogP contribution in [0, 0.1) is 16.1 Å². The summed E-state index contributed by atoms with van der Waals surface area (Å²) in [4.78, 5) is 13.5. The number of aromatic nitrogens is 2. The summed E-state index contributed by atoms with van der Waals surface area (Å²) in [5.74, 6) is 0. The number of nitrogens with zero attached hydrogens (tertiary/aromatic N) is 2. The van der Waals surface area contributed by atoms with Gasteiger partial charge in [-0.05, 0) is 24.4 Å². The molecule has 2 aromatic rings. The van der Waals surface area contributed by atoms with Gasteiger partial charge < -0.3 is 20.0 Å². The number of rotatable bonds is 3. The molecule has 0 aliphatic rings. The molecular formula is C11H10N4O2S. The monoisotopic (exact) mass is 262 g/mol. The first kappa shape index (κ1) is 12.1. The smallest absolute Gasteiger partial charge is 0.404 e. The van der Waals surface area contributed by atoms with Crippen LogP contribution in [0.3, 0.4) is 0 Å². The van der Waals surface area contributed by atoms with Crippen molar-refractivity contribution in [3.63, 3.8) is 0 Å². The molecule has 0 radical (unpaired) electrons. The van der Waals surface area contributed by atoms with Crippen LogP contribution in [0.2, 0.25) is 0 Å². The van der Waals surface area contributed by atoms with Crippen LogP contribution in [0.1, 0.15) is 5.56 Å². The Labute approximate surface area is 108 Å². The molecule has 0 fully saturated rings. The van der Waals surface area contributed by atoms with Gasteiger partial charge in [0, 0.05) is 0 Å². The number of ether oxygens (including phenoxy) is 1. The number of nitrogens with one attached hydrogen (secondary N) is 1. The van der Waals surface area contributed by atoms with E-state index in [4.69, 9.17) is 23.2 Å². The van der Waals surface area contributed by atoms with Gasteiger partial charge in [0.25, 0.3) is 0 Å². The van der Waals surface area contributed by atoms with E-state index < -0.39 is 6.09 Å². The fourth-order valence-corrected chi connectivity index (χ4v) is 2.02. The fourth-order valence-electron chi connectivity index (χ4n) is 1.73. The van der Waals surface area contributed by atoms with E-state index in [-0.39, 0.29) is 6.61 Å². The van der Waals surface area contributed by atoms with Crippen molar-refractivity contribution < 1.29 is 9.53 Å². The van der Waals surface area contributed by atoms with Crippen LogP contribution in [0.5, 0.6) is 0 Å². The molecule has 0 spiro atoms. The third-order valence-corrected chi connectivity index (χ3v) is 2.81. The Balaban J connectivity index is 2.40. The van der Waals surface area contributed by atoms with E-state index in [2.05, 4.69) is 15.8 Å². The first-order chi connectivity index (χ1) is 8.63. The van der Waals surface area contributed by atoms with Gasteiger partial charge in [0.1, 0.15) is 12.7 Å². The molecule has 0 aliphatic carbocycles. The van der Waals surface area contributed by atoms with Gasteiger partial charge in [-0.2, -0.15) is 5.26 Å². The van der Waals surface area contributed by atoms with Gasteiger partial charge in [0.15, 0.2) is 4.77 Å². The largest absolute Gasteiger partial charge is 0.448 e. The molecule has 1 heterocycles. The second-order valence-corrected chi connectivity index (χ2v) is 3.95. The van der Waals surface area contributed by atoms with Crippen molar-refractivity contribution >= 4 is 29.3 Å². The summed E-state index contributed by atoms with van der Waals surface area (Å²) in [6.07, 6.45) is -0.820. The first-order valence-corrected chi connectivity index (χ1v) is 5.58. The number of H-pyrrole nitrogens is 1. The highest BCUT2D eigenvalue weighted by Gasteiger charge is 2.08. The molecule has 0 aliphatic heterocycles. The van der Waals surface area contributed by atoms with Crippen LogP contribution in [-0.2, 0) is 11.3 Å². The Morgan fingerprint density at radius 1 is 1.61 bits per heavy atom. The fraction of sp³-hybridized carbons (Fsp3) is 0.182. The average molecular weight is 262 g/mol. The molecule has 6 nitrogen and oxygen atoms in total. The zero-order chi connectivity index (χ0) is 13.1. The Morgan fingerprint density at radius 3 is 3.06 bits per heavy atom. The average Bonchev–Trinajstić information content (AvgIpc) is 2.65. The van der Waals surface area contributed by atoms with Gasteiger partial charge in [-0.15, -0.1) is 0 Å². The van der Waals surface area contributed by atoms with E-state index >= 15 is 0 Å². The minimum Gasteiger partial charge on any atom is -0.448 e. The van der Waals surface area contributed by atoms with Crippen molar-refractivity contribution in [1.82, 2.24) is 9.55 Å². The number of fused-ring (bicyclic) bond motifs is 1. The van der Waals surface area contributed by atoms with Crippen molar-refractivity contribution in [3.8, 4) is 6.07 Å². The van der Waals surface area contributed by atoms with Crippen LogP contribution in [0.25, 0.3) is 11.0 Å². The van der Waals surface area contributed by atoms with Gasteiger partial charge in [-0.25, -0.2) is 4.79 Å². The highest BCUT2D eigenvalue weighted by molar-refractivity contribution is 7.71. The van der Waals surface area contributed by atoms with Gasteiger partial charge in [-0.1, -0.05) is 6.07 Å². The quantitative estimate of drug-likeness (QED) is 0.822. The summed E-state index contributed by atoms with van der Waals surface area (Å²) in [6.45, 7) is 0.518. The molecule has 0 saturated heterocycles. The number of aromatic amines is 1. The van der Waals surface area contributed by atoms with Crippen LogP contribution >= 0.6 is 12.2 Å². The highest BCUT2D eigenvalue weighted by Crippen LogP contribution is 2.17. The topological polar surface area (TPSA) is 96.8 Å². The lowest BCUT2D eigenvalue weighted by Gasteiger charge is -2.04. The number of nitriles is 1. The molecule has 1 amide bonds. The number of imidazole rings is 1. The molecule has 92 valence electrons. The zero-order valence-electron chi connectivity index (χ0n) is 9.34. The Bertz CT molecular complexity index is 695. The number of hydrogen-bond acceptors (Lipinski definition) is 4. The molecule has 1 aromatic heterocycles. The van der Waals surface area contributed by atoms with Gasteiger partial charge >= 0.3 is 6.09 Å². The van der Waals surface area contributed by atoms with Crippen LogP contribution < -0.4 is 5.73 Å². The summed E-state index contributed by atoms with van der Waals surface area (Å²) in [7, 11) is 0. The van der Waals surface area contributed by atoms with Gasteiger partial charge in [-0.3, -0.25) is 0 Å². The second-order valence-electron chi connectivity index (χ2n) is 3.56. The van der Waals surface area contributed by atoms with E-state index in [1.54, 1.807) is 16.7 Å². The number of nitrogens with two attached hydrogens (primary N) is 1. The number of amides is 1. The highest BCUT2D eigenvalue weighted by atomic mass is 32.1. The van der Waals surface area contributed by atoms with Gasteiger partial charge in [0.05, 0.1) is 23.1 Å². The van der Waals surface area contributed by atoms with Crippen LogP contribution in [-0.4, -0.2) is 22.3 Å². The van der Waals surface area contributed by atoms with Crippen LogP contribution in [0.15, 0.2) is 18.2 Å². The van der Waals surface area contributed by atoms with E-state index in [1.165, 1.54) is 0 Å². The van der Waals surface area contributed by atoms with E-state index in [0.717, 1.165) is 5.52 Å². The van der Waals surface area contributed by atoms with Crippen LogP contribution in [0.4, 0.5) is 4.79 Å². The maximum atomic E-state index is 10.5. The number of benzene rings is 1. The Morgan fingerprint density at radius 2 is 2.39 bits per heavy atom. The van der Waals surface area contributed by atoms with Crippen molar-refractivity contribution in [1.29, 1.82) is 5.26 Å². The molecule has 2 rings (SSSR count). The summed E-state index contributed by atoms with van der Waals surface area (Å²) in [5, 5.41) is 8.99. The lowest BCUT2D eigenvalue weighted by molar-refractivity contribution is 0.152. The molecule has 1 aromatic carbocycles. The van der Waals surface area contributed by atoms with Crippen molar-refractivity contribution in [2.45, 2.75) is 6.54 Å². The van der Waals surface area contributed by atoms with E-state index in [1.807, 2.05) is 6.07 Å². The summed E-state index contributed by atoms with van der Waals surface area (Å²) >= 11 is 5.17. The van der Waals surface area contributed by atoms with E-state index in [9.17, 15) is 4.79 Å². The van der Waals surface area contributed by atoms with Crippen molar-refractivity contribution in [2.24, 2.45) is 5.73 Å². The number of para-hydroxylation sites is 1. The lowest BCUT2D eigenvalue weighted by Crippen LogP contribution is -2.16. The minimum atomic E-state index is -0.820. The SMILES string of the molecule is N#Cc1cccc2c1[nH]c(=S)n2CCOC(N)=O. The maximum absolute atomic E-state index is 10.5. The third kappa shape index (κ3) is 2.19. The molecule has 0 unspecified atom stereocenters. The molecule has 0 bridgehead atoms. The normalized spacial score (nSPS) is 10.2. The molecular weight excluding hydrogens is 252 g/mol. The summed E-state index contributed by atoms with van der Waals surface area (Å²) in [5.41, 5.74) is 6.88. The van der Waals surface area contributed by atoms with E-state index in [0.29, 0.717) is 22.4 Å². The van der Waals surface area contributed by atoms with Crippen molar-refractivity contribution in [2.75, 3.05) is 6.61 Å². The summed E-state index contributed by atoms with van der Waals surface area (Å²) in [6, 6.07) is 7.41.